The molecule has 0 bridgehead atoms. The van der Waals surface area contributed by atoms with E-state index in [1.54, 1.807) is 12.1 Å². The predicted molar refractivity (Wildman–Crippen MR) is 137 cm³/mol. The van der Waals surface area contributed by atoms with Gasteiger partial charge in [0.2, 0.25) is 5.82 Å². The van der Waals surface area contributed by atoms with E-state index >= 15 is 0 Å². The van der Waals surface area contributed by atoms with Crippen molar-refractivity contribution < 1.29 is 13.7 Å². The van der Waals surface area contributed by atoms with Gasteiger partial charge < -0.3 is 14.6 Å². The lowest BCUT2D eigenvalue weighted by Gasteiger charge is -2.37. The zero-order chi connectivity index (χ0) is 24.4. The first kappa shape index (κ1) is 22.7. The molecule has 2 heterocycles. The molecule has 0 amide bonds. The molecule has 6 nitrogen and oxygen atoms in total. The number of nitrogens with one attached hydrogen (secondary N) is 1. The minimum atomic E-state index is -0.324. The fourth-order valence-corrected chi connectivity index (χ4v) is 4.49. The van der Waals surface area contributed by atoms with E-state index in [2.05, 4.69) is 15.5 Å². The lowest BCUT2D eigenvalue weighted by Crippen LogP contribution is -2.46. The van der Waals surface area contributed by atoms with Gasteiger partial charge in [-0.05, 0) is 80.2 Å². The van der Waals surface area contributed by atoms with E-state index in [4.69, 9.17) is 21.5 Å². The van der Waals surface area contributed by atoms with Gasteiger partial charge >= 0.3 is 0 Å². The molecule has 0 saturated carbocycles. The third-order valence-corrected chi connectivity index (χ3v) is 6.08. The van der Waals surface area contributed by atoms with Crippen LogP contribution in [0.4, 0.5) is 10.1 Å². The Bertz CT molecular complexity index is 1370. The monoisotopic (exact) mass is 486 g/mol. The molecule has 1 aromatic heterocycles. The summed E-state index contributed by atoms with van der Waals surface area (Å²) in [6.07, 6.45) is 0. The highest BCUT2D eigenvalue weighted by molar-refractivity contribution is 7.80. The van der Waals surface area contributed by atoms with Gasteiger partial charge in [-0.15, -0.1) is 0 Å². The Hall–Kier alpha value is -4.04. The van der Waals surface area contributed by atoms with Crippen LogP contribution in [0.2, 0.25) is 0 Å². The quantitative estimate of drug-likeness (QED) is 0.328. The third-order valence-electron chi connectivity index (χ3n) is 5.78. The Kier molecular flexibility index (Phi) is 6.29. The first-order valence-corrected chi connectivity index (χ1v) is 11.6. The number of thiocarbonyl (C=S) groups is 1. The molecule has 0 radical (unpaired) electrons. The van der Waals surface area contributed by atoms with Gasteiger partial charge in [0.15, 0.2) is 5.11 Å². The second-order valence-corrected chi connectivity index (χ2v) is 8.37. The van der Waals surface area contributed by atoms with Crippen molar-refractivity contribution in [1.82, 2.24) is 15.5 Å². The first-order chi connectivity index (χ1) is 17.0. The molecule has 0 aliphatic carbocycles. The van der Waals surface area contributed by atoms with Crippen molar-refractivity contribution >= 4 is 28.6 Å². The summed E-state index contributed by atoms with van der Waals surface area (Å²) in [6.45, 7) is 4.53. The van der Waals surface area contributed by atoms with Crippen molar-refractivity contribution in [3.8, 4) is 17.1 Å². The summed E-state index contributed by atoms with van der Waals surface area (Å²) in [6, 6.07) is 23.4. The summed E-state index contributed by atoms with van der Waals surface area (Å²) >= 11 is 5.78. The molecule has 3 aromatic carbocycles. The topological polar surface area (TPSA) is 63.4 Å². The van der Waals surface area contributed by atoms with Gasteiger partial charge in [0.1, 0.15) is 11.6 Å². The van der Waals surface area contributed by atoms with E-state index in [1.165, 1.54) is 12.1 Å². The first-order valence-electron chi connectivity index (χ1n) is 11.2. The standard InChI is InChI=1S/C27H23FN4O2S/c1-3-33-22-15-11-18(12-16-22)24-23(17(2)32(27(35)29-24)21-7-5-4-6-8-21)26-30-25(31-34-26)19-9-13-20(28)14-10-19/h4-16,24H,3H2,1-2H3,(H,29,35). The van der Waals surface area contributed by atoms with Crippen LogP contribution in [0.1, 0.15) is 31.3 Å². The van der Waals surface area contributed by atoms with E-state index in [9.17, 15) is 4.39 Å². The molecule has 0 saturated heterocycles. The van der Waals surface area contributed by atoms with Crippen LogP contribution in [0.5, 0.6) is 5.75 Å². The van der Waals surface area contributed by atoms with Crippen LogP contribution < -0.4 is 15.0 Å². The van der Waals surface area contributed by atoms with Crippen LogP contribution in [0, 0.1) is 5.82 Å². The Morgan fingerprint density at radius 1 is 1.03 bits per heavy atom. The normalized spacial score (nSPS) is 15.8. The zero-order valence-electron chi connectivity index (χ0n) is 19.2. The third kappa shape index (κ3) is 4.52. The molecule has 0 spiro atoms. The van der Waals surface area contributed by atoms with Gasteiger partial charge in [-0.2, -0.15) is 4.98 Å². The average Bonchev–Trinajstić information content (AvgIpc) is 3.35. The maximum absolute atomic E-state index is 13.4. The van der Waals surface area contributed by atoms with Crippen molar-refractivity contribution in [1.29, 1.82) is 0 Å². The second kappa shape index (κ2) is 9.68. The summed E-state index contributed by atoms with van der Waals surface area (Å²) < 4.78 is 24.7. The largest absolute Gasteiger partial charge is 0.494 e. The molecule has 4 aromatic rings. The zero-order valence-corrected chi connectivity index (χ0v) is 20.1. The van der Waals surface area contributed by atoms with Crippen molar-refractivity contribution in [2.45, 2.75) is 19.9 Å². The summed E-state index contributed by atoms with van der Waals surface area (Å²) in [5.74, 6) is 1.20. The molecular formula is C27H23FN4O2S. The van der Waals surface area contributed by atoms with Crippen LogP contribution in [0.3, 0.4) is 0 Å². The van der Waals surface area contributed by atoms with Gasteiger partial charge in [0.05, 0.1) is 18.2 Å². The smallest absolute Gasteiger partial charge is 0.258 e. The number of hydrogen-bond acceptors (Lipinski definition) is 5. The maximum atomic E-state index is 13.4. The number of anilines is 1. The van der Waals surface area contributed by atoms with Crippen molar-refractivity contribution in [3.63, 3.8) is 0 Å². The molecular weight excluding hydrogens is 463 g/mol. The van der Waals surface area contributed by atoms with E-state index in [1.807, 2.05) is 73.3 Å². The highest BCUT2D eigenvalue weighted by Crippen LogP contribution is 2.39. The molecule has 1 aliphatic heterocycles. The molecule has 35 heavy (non-hydrogen) atoms. The number of aromatic nitrogens is 2. The highest BCUT2D eigenvalue weighted by atomic mass is 32.1. The number of ether oxygens (including phenoxy) is 1. The van der Waals surface area contributed by atoms with E-state index < -0.39 is 0 Å². The number of para-hydroxylation sites is 1. The Morgan fingerprint density at radius 3 is 2.43 bits per heavy atom. The Balaban J connectivity index is 1.61. The van der Waals surface area contributed by atoms with Gasteiger partial charge in [-0.25, -0.2) is 4.39 Å². The fraction of sp³-hybridized carbons (Fsp3) is 0.148. The fourth-order valence-electron chi connectivity index (χ4n) is 4.13. The van der Waals surface area contributed by atoms with Crippen LogP contribution in [-0.4, -0.2) is 21.9 Å². The highest BCUT2D eigenvalue weighted by Gasteiger charge is 2.34. The molecule has 5 rings (SSSR count). The summed E-state index contributed by atoms with van der Waals surface area (Å²) in [5, 5.41) is 8.18. The number of rotatable bonds is 6. The molecule has 1 aliphatic rings. The molecule has 8 heteroatoms. The van der Waals surface area contributed by atoms with Gasteiger partial charge in [-0.1, -0.05) is 35.5 Å². The van der Waals surface area contributed by atoms with Gasteiger partial charge in [0.25, 0.3) is 5.89 Å². The number of halogens is 1. The van der Waals surface area contributed by atoms with Crippen LogP contribution >= 0.6 is 12.2 Å². The van der Waals surface area contributed by atoms with Crippen molar-refractivity contribution in [2.24, 2.45) is 0 Å². The molecule has 1 N–H and O–H groups in total. The Morgan fingerprint density at radius 2 is 1.74 bits per heavy atom. The SMILES string of the molecule is CCOc1ccc(C2NC(=S)N(c3ccccc3)C(C)=C2c2nc(-c3ccc(F)cc3)no2)cc1. The van der Waals surface area contributed by atoms with Crippen molar-refractivity contribution in [2.75, 3.05) is 11.5 Å². The summed E-state index contributed by atoms with van der Waals surface area (Å²) in [4.78, 5) is 6.62. The van der Waals surface area contributed by atoms with E-state index in [-0.39, 0.29) is 11.9 Å². The number of allylic oxidation sites excluding steroid dienone is 1. The molecule has 1 unspecified atom stereocenters. The lowest BCUT2D eigenvalue weighted by molar-refractivity contribution is 0.340. The second-order valence-electron chi connectivity index (χ2n) is 7.98. The average molecular weight is 487 g/mol. The molecule has 0 fully saturated rings. The molecule has 176 valence electrons. The maximum Gasteiger partial charge on any atom is 0.258 e. The summed E-state index contributed by atoms with van der Waals surface area (Å²) in [5.41, 5.74) is 4.22. The summed E-state index contributed by atoms with van der Waals surface area (Å²) in [7, 11) is 0. The minimum Gasteiger partial charge on any atom is -0.494 e. The predicted octanol–water partition coefficient (Wildman–Crippen LogP) is 6.14. The van der Waals surface area contributed by atoms with Gasteiger partial charge in [0, 0.05) is 16.9 Å². The van der Waals surface area contributed by atoms with Crippen molar-refractivity contribution in [3.05, 3.63) is 102 Å². The number of hydrogen-bond donors (Lipinski definition) is 1. The Labute approximate surface area is 208 Å². The van der Waals surface area contributed by atoms with E-state index in [0.717, 1.165) is 28.3 Å². The molecule has 1 atom stereocenters. The van der Waals surface area contributed by atoms with E-state index in [0.29, 0.717) is 29.0 Å². The number of benzene rings is 3. The van der Waals surface area contributed by atoms with Crippen LogP contribution in [-0.2, 0) is 0 Å². The van der Waals surface area contributed by atoms with Crippen LogP contribution in [0.25, 0.3) is 17.0 Å². The number of nitrogens with zero attached hydrogens (tertiary/aromatic N) is 3. The minimum absolute atomic E-state index is 0.320. The lowest BCUT2D eigenvalue weighted by atomic mass is 9.94. The van der Waals surface area contributed by atoms with Crippen LogP contribution in [0.15, 0.2) is 89.1 Å². The van der Waals surface area contributed by atoms with Gasteiger partial charge in [-0.3, -0.25) is 4.90 Å².